The van der Waals surface area contributed by atoms with Crippen LogP contribution in [0, 0.1) is 10.8 Å². The minimum absolute atomic E-state index is 0.0342. The van der Waals surface area contributed by atoms with E-state index in [1.165, 1.54) is 24.3 Å². The van der Waals surface area contributed by atoms with Crippen LogP contribution in [-0.4, -0.2) is 18.8 Å². The number of benzene rings is 1. The number of nitrogens with one attached hydrogen (secondary N) is 2. The summed E-state index contributed by atoms with van der Waals surface area (Å²) in [5.41, 5.74) is -4.62. The van der Waals surface area contributed by atoms with Gasteiger partial charge in [0.15, 0.2) is 0 Å². The zero-order valence-electron chi connectivity index (χ0n) is 12.7. The zero-order valence-corrected chi connectivity index (χ0v) is 12.7. The molecule has 0 aliphatic rings. The molecule has 4 aromatic heterocycles. The first kappa shape index (κ1) is 14.3. The number of aromatic nitrogens is 4. The van der Waals surface area contributed by atoms with E-state index in [2.05, 4.69) is 9.97 Å². The van der Waals surface area contributed by atoms with Gasteiger partial charge in [-0.1, -0.05) is 0 Å². The average molecular weight is 346 g/mol. The molecule has 2 N–H and O–H groups in total. The van der Waals surface area contributed by atoms with Crippen molar-refractivity contribution in [1.29, 1.82) is 10.8 Å². The summed E-state index contributed by atoms with van der Waals surface area (Å²) >= 11 is 0. The van der Waals surface area contributed by atoms with Crippen LogP contribution in [0.2, 0.25) is 0 Å². The van der Waals surface area contributed by atoms with Crippen LogP contribution in [-0.2, 0) is 0 Å². The molecule has 0 amide bonds. The third-order valence-electron chi connectivity index (χ3n) is 4.39. The molecule has 0 saturated carbocycles. The van der Waals surface area contributed by atoms with E-state index in [1.807, 2.05) is 0 Å². The van der Waals surface area contributed by atoms with E-state index in [0.29, 0.717) is 0 Å². The molecule has 4 heterocycles. The number of hydrogen-bond donors (Lipinski definition) is 2. The highest BCUT2D eigenvalue weighted by Gasteiger charge is 2.22. The highest BCUT2D eigenvalue weighted by molar-refractivity contribution is 5.95. The number of rotatable bonds is 0. The topological polar surface area (TPSA) is 151 Å². The van der Waals surface area contributed by atoms with Crippen molar-refractivity contribution in [3.8, 4) is 0 Å². The maximum Gasteiger partial charge on any atom is 0.285 e. The third-order valence-corrected chi connectivity index (χ3v) is 4.39. The summed E-state index contributed by atoms with van der Waals surface area (Å²) in [5.74, 6) is 0. The molecule has 0 saturated heterocycles. The second-order valence-electron chi connectivity index (χ2n) is 5.76. The predicted molar refractivity (Wildman–Crippen MR) is 89.3 cm³/mol. The van der Waals surface area contributed by atoms with Crippen LogP contribution in [0.3, 0.4) is 0 Å². The fourth-order valence-electron chi connectivity index (χ4n) is 3.32. The van der Waals surface area contributed by atoms with E-state index in [9.17, 15) is 19.2 Å². The van der Waals surface area contributed by atoms with Crippen LogP contribution >= 0.6 is 0 Å². The van der Waals surface area contributed by atoms with Crippen LogP contribution in [0.15, 0.2) is 43.4 Å². The normalized spacial score (nSPS) is 12.0. The summed E-state index contributed by atoms with van der Waals surface area (Å²) in [4.78, 5) is 58.3. The molecule has 1 aromatic carbocycles. The van der Waals surface area contributed by atoms with E-state index in [4.69, 9.17) is 10.8 Å². The Kier molecular flexibility index (Phi) is 2.36. The summed E-state index contributed by atoms with van der Waals surface area (Å²) < 4.78 is 2.11. The fraction of sp³-hybridized carbons (Fsp3) is 0. The Labute approximate surface area is 139 Å². The molecule has 5 rings (SSSR count). The van der Waals surface area contributed by atoms with Gasteiger partial charge in [0.1, 0.15) is 44.1 Å². The van der Waals surface area contributed by atoms with E-state index in [1.54, 1.807) is 0 Å². The van der Waals surface area contributed by atoms with Gasteiger partial charge in [-0.05, 0) is 24.3 Å². The highest BCUT2D eigenvalue weighted by Crippen LogP contribution is 2.09. The number of nitrogens with zero attached hydrogens (tertiary/aromatic N) is 4. The summed E-state index contributed by atoms with van der Waals surface area (Å²) in [6.07, 6.45) is 0. The predicted octanol–water partition coefficient (Wildman–Crippen LogP) is -2.00. The largest absolute Gasteiger partial charge is 0.287 e. The second-order valence-corrected chi connectivity index (χ2v) is 5.76. The Morgan fingerprint density at radius 3 is 1.42 bits per heavy atom. The van der Waals surface area contributed by atoms with Gasteiger partial charge in [-0.15, -0.1) is 0 Å². The first-order valence-electron chi connectivity index (χ1n) is 7.37. The molecule has 0 unspecified atom stereocenters. The van der Waals surface area contributed by atoms with Gasteiger partial charge in [-0.25, -0.2) is 0 Å². The molecule has 5 aromatic rings. The molecule has 124 valence electrons. The first-order chi connectivity index (χ1) is 12.4. The van der Waals surface area contributed by atoms with Gasteiger partial charge < -0.3 is 0 Å². The maximum absolute atomic E-state index is 13.0. The van der Waals surface area contributed by atoms with Crippen molar-refractivity contribution in [2.45, 2.75) is 0 Å². The van der Waals surface area contributed by atoms with Crippen molar-refractivity contribution < 1.29 is 0 Å². The van der Waals surface area contributed by atoms with E-state index in [0.717, 1.165) is 8.80 Å². The van der Waals surface area contributed by atoms with Crippen molar-refractivity contribution in [2.24, 2.45) is 0 Å². The molecule has 0 spiro atoms. The molecule has 0 bridgehead atoms. The van der Waals surface area contributed by atoms with Crippen molar-refractivity contribution in [2.75, 3.05) is 0 Å². The molecule has 0 fully saturated rings. The minimum atomic E-state index is -0.925. The monoisotopic (exact) mass is 346 g/mol. The van der Waals surface area contributed by atoms with Crippen molar-refractivity contribution in [3.05, 3.63) is 76.4 Å². The number of fused-ring (bicyclic) bond motifs is 6. The fourth-order valence-corrected chi connectivity index (χ4v) is 3.32. The quantitative estimate of drug-likeness (QED) is 0.310. The van der Waals surface area contributed by atoms with Gasteiger partial charge in [0.2, 0.25) is 10.9 Å². The summed E-state index contributed by atoms with van der Waals surface area (Å²) in [6, 6.07) is 5.38. The summed E-state index contributed by atoms with van der Waals surface area (Å²) in [7, 11) is 0. The first-order valence-corrected chi connectivity index (χ1v) is 7.37. The Bertz CT molecular complexity index is 1620. The van der Waals surface area contributed by atoms with Gasteiger partial charge in [-0.2, -0.15) is 9.97 Å². The van der Waals surface area contributed by atoms with Gasteiger partial charge in [0.25, 0.3) is 11.1 Å². The molecule has 0 atom stereocenters. The Morgan fingerprint density at radius 2 is 1.04 bits per heavy atom. The molecule has 0 aliphatic heterocycles. The average Bonchev–Trinajstić information content (AvgIpc) is 3.14. The molecule has 10 nitrogen and oxygen atoms in total. The van der Waals surface area contributed by atoms with Gasteiger partial charge in [0, 0.05) is 0 Å². The zero-order chi connectivity index (χ0) is 18.3. The number of hydrogen-bond acceptors (Lipinski definition) is 8. The molecule has 10 heteroatoms. The summed E-state index contributed by atoms with van der Waals surface area (Å²) in [5, 5.41) is 14.8. The summed E-state index contributed by atoms with van der Waals surface area (Å²) in [6.45, 7) is 0. The standard InChI is InChI=1S/C16H6N6O4/c17-5-1-3-7-19-15(25)9-11(21(5)7)13(23)10-12(14(9)24)22-6(18)2-4-8(22)20-16(10)26/h1-4,17-18H. The Balaban J connectivity index is 2.37. The lowest BCUT2D eigenvalue weighted by atomic mass is 10.1. The Hall–Kier alpha value is -4.08. The minimum Gasteiger partial charge on any atom is -0.287 e. The van der Waals surface area contributed by atoms with Gasteiger partial charge in [0.05, 0.1) is 0 Å². The molecule has 0 radical (unpaired) electrons. The maximum atomic E-state index is 13.0. The smallest absolute Gasteiger partial charge is 0.285 e. The van der Waals surface area contributed by atoms with Crippen molar-refractivity contribution >= 4 is 33.1 Å². The van der Waals surface area contributed by atoms with Crippen molar-refractivity contribution in [3.63, 3.8) is 0 Å². The van der Waals surface area contributed by atoms with Crippen molar-refractivity contribution in [1.82, 2.24) is 18.8 Å². The lowest BCUT2D eigenvalue weighted by Crippen LogP contribution is -2.32. The van der Waals surface area contributed by atoms with Crippen LogP contribution in [0.5, 0.6) is 0 Å². The van der Waals surface area contributed by atoms with E-state index in [-0.39, 0.29) is 33.3 Å². The van der Waals surface area contributed by atoms with Gasteiger partial charge in [-0.3, -0.25) is 38.8 Å². The molecular weight excluding hydrogens is 340 g/mol. The van der Waals surface area contributed by atoms with Gasteiger partial charge >= 0.3 is 0 Å². The lowest BCUT2D eigenvalue weighted by Gasteiger charge is -2.04. The van der Waals surface area contributed by atoms with E-state index >= 15 is 0 Å². The lowest BCUT2D eigenvalue weighted by molar-refractivity contribution is 1.03. The van der Waals surface area contributed by atoms with Crippen LogP contribution < -0.4 is 33.0 Å². The Morgan fingerprint density at radius 1 is 0.654 bits per heavy atom. The van der Waals surface area contributed by atoms with E-state index < -0.39 is 32.7 Å². The van der Waals surface area contributed by atoms with Crippen LogP contribution in [0.25, 0.3) is 33.1 Å². The third kappa shape index (κ3) is 1.46. The second kappa shape index (κ2) is 4.30. The highest BCUT2D eigenvalue weighted by atomic mass is 16.1. The molecule has 26 heavy (non-hydrogen) atoms. The molecule has 0 aliphatic carbocycles. The molecular formula is C16H6N6O4. The SMILES string of the molecule is N=c1ccc2nc(=O)c3c(=O)c4c(c(=O)nc5ccc(=N)n54)c(=O)c3n12. The van der Waals surface area contributed by atoms with Crippen LogP contribution in [0.1, 0.15) is 0 Å². The van der Waals surface area contributed by atoms with Crippen LogP contribution in [0.4, 0.5) is 0 Å².